The third-order valence-corrected chi connectivity index (χ3v) is 14.8. The summed E-state index contributed by atoms with van der Waals surface area (Å²) in [7, 11) is -1.23. The molecule has 0 amide bonds. The number of hydrogen-bond donors (Lipinski definition) is 0. The van der Waals surface area contributed by atoms with Crippen molar-refractivity contribution in [3.63, 3.8) is 0 Å². The predicted molar refractivity (Wildman–Crippen MR) is 280 cm³/mol. The molecule has 0 saturated carbocycles. The minimum atomic E-state index is -1.23. The van der Waals surface area contributed by atoms with Crippen molar-refractivity contribution < 1.29 is 20.1 Å². The van der Waals surface area contributed by atoms with Crippen molar-refractivity contribution in [2.24, 2.45) is 0 Å². The molecule has 66 heavy (non-hydrogen) atoms. The van der Waals surface area contributed by atoms with E-state index in [2.05, 4.69) is 221 Å². The van der Waals surface area contributed by atoms with E-state index in [-0.39, 0.29) is 31.9 Å². The average Bonchev–Trinajstić information content (AvgIpc) is 3.74. The van der Waals surface area contributed by atoms with Gasteiger partial charge < -0.3 is 9.55 Å². The van der Waals surface area contributed by atoms with Crippen molar-refractivity contribution in [1.29, 1.82) is 0 Å². The van der Waals surface area contributed by atoms with Crippen LogP contribution in [0.2, 0.25) is 19.6 Å². The Morgan fingerprint density at radius 2 is 1.11 bits per heavy atom. The third kappa shape index (κ3) is 8.33. The van der Waals surface area contributed by atoms with Crippen molar-refractivity contribution in [3.05, 3.63) is 205 Å². The Labute approximate surface area is 403 Å². The van der Waals surface area contributed by atoms with Gasteiger partial charge in [0, 0.05) is 37.4 Å². The van der Waals surface area contributed by atoms with Crippen molar-refractivity contribution in [2.45, 2.75) is 59.2 Å². The Bertz CT molecular complexity index is 3450. The van der Waals surface area contributed by atoms with Gasteiger partial charge in [-0.25, -0.2) is 0 Å². The summed E-state index contributed by atoms with van der Waals surface area (Å²) in [5, 5.41) is 11.3. The number of benzene rings is 9. The van der Waals surface area contributed by atoms with Crippen LogP contribution in [0.3, 0.4) is 0 Å². The number of rotatable bonds is 7. The molecule has 2 aromatic heterocycles. The van der Waals surface area contributed by atoms with Crippen LogP contribution in [-0.4, -0.2) is 22.6 Å². The van der Waals surface area contributed by atoms with E-state index >= 15 is 0 Å². The van der Waals surface area contributed by atoms with Gasteiger partial charge >= 0.3 is 0 Å². The summed E-state index contributed by atoms with van der Waals surface area (Å²) in [6, 6.07) is 69.9. The summed E-state index contributed by atoms with van der Waals surface area (Å²) in [4.78, 5) is 9.99. The maximum absolute atomic E-state index is 5.47. The van der Waals surface area contributed by atoms with Crippen molar-refractivity contribution in [2.75, 3.05) is 0 Å². The molecule has 0 unspecified atom stereocenters. The number of hydrogen-bond acceptors (Lipinski definition) is 2. The first-order valence-electron chi connectivity index (χ1n) is 22.9. The first-order valence-corrected chi connectivity index (χ1v) is 26.4. The van der Waals surface area contributed by atoms with Gasteiger partial charge in [0.15, 0.2) is 0 Å². The summed E-state index contributed by atoms with van der Waals surface area (Å²) in [6.07, 6.45) is 2.02. The molecule has 3 nitrogen and oxygen atoms in total. The van der Waals surface area contributed by atoms with Gasteiger partial charge in [0.2, 0.25) is 0 Å². The van der Waals surface area contributed by atoms with Crippen LogP contribution < -0.4 is 5.19 Å². The zero-order valence-corrected chi connectivity index (χ0v) is 42.0. The SMILES string of the molecule is CC(C)c1cc(-c2ccccc2)cc(C(C)C)c1-n1c(-c2[c-]cc3c4ccccc4c4ccccc4c3c2)nc2ccc3ccccc3c21.C[Si](C)(C)c1ccc(-c2[c-]cccc2)nc1.[Ir]. The molecule has 327 valence electrons. The minimum Gasteiger partial charge on any atom is -0.332 e. The van der Waals surface area contributed by atoms with Gasteiger partial charge in [0.05, 0.1) is 24.9 Å². The summed E-state index contributed by atoms with van der Waals surface area (Å²) >= 11 is 0. The molecule has 0 fully saturated rings. The third-order valence-electron chi connectivity index (χ3n) is 12.8. The van der Waals surface area contributed by atoms with E-state index in [4.69, 9.17) is 4.98 Å². The van der Waals surface area contributed by atoms with Crippen LogP contribution in [-0.2, 0) is 20.1 Å². The second-order valence-electron chi connectivity index (χ2n) is 18.8. The Balaban J connectivity index is 0.000000273. The molecule has 9 aromatic carbocycles. The summed E-state index contributed by atoms with van der Waals surface area (Å²) in [5.74, 6) is 1.49. The topological polar surface area (TPSA) is 30.7 Å². The van der Waals surface area contributed by atoms with Gasteiger partial charge in [-0.2, -0.15) is 0 Å². The molecular formula is C61H53IrN3Si-2. The first-order chi connectivity index (χ1) is 31.5. The Morgan fingerprint density at radius 3 is 1.70 bits per heavy atom. The van der Waals surface area contributed by atoms with Crippen LogP contribution in [0.5, 0.6) is 0 Å². The van der Waals surface area contributed by atoms with Gasteiger partial charge in [-0.05, 0) is 84.7 Å². The maximum Gasteiger partial charge on any atom is 0.0795 e. The molecule has 0 bridgehead atoms. The zero-order chi connectivity index (χ0) is 44.8. The molecular weight excluding hydrogens is 995 g/mol. The maximum atomic E-state index is 5.47. The molecule has 2 heterocycles. The van der Waals surface area contributed by atoms with Crippen molar-refractivity contribution >= 4 is 67.4 Å². The van der Waals surface area contributed by atoms with Gasteiger partial charge in [-0.15, -0.1) is 59.7 Å². The molecule has 0 atom stereocenters. The Hall–Kier alpha value is -6.49. The number of imidazole rings is 1. The van der Waals surface area contributed by atoms with E-state index < -0.39 is 8.07 Å². The molecule has 0 aliphatic carbocycles. The molecule has 0 aliphatic heterocycles. The summed E-state index contributed by atoms with van der Waals surface area (Å²) < 4.78 is 2.47. The van der Waals surface area contributed by atoms with Crippen LogP contribution >= 0.6 is 0 Å². The second kappa shape index (κ2) is 18.4. The molecule has 0 spiro atoms. The van der Waals surface area contributed by atoms with Crippen molar-refractivity contribution in [1.82, 2.24) is 14.5 Å². The predicted octanol–water partition coefficient (Wildman–Crippen LogP) is 16.1. The number of nitrogens with zero attached hydrogens (tertiary/aromatic N) is 3. The Morgan fingerprint density at radius 1 is 0.515 bits per heavy atom. The summed E-state index contributed by atoms with van der Waals surface area (Å²) in [5.41, 5.74) is 11.5. The molecule has 0 aliphatic rings. The van der Waals surface area contributed by atoms with E-state index in [1.54, 1.807) is 0 Å². The monoisotopic (exact) mass is 1050 g/mol. The normalized spacial score (nSPS) is 11.7. The van der Waals surface area contributed by atoms with Crippen LogP contribution in [0.15, 0.2) is 182 Å². The number of aromatic nitrogens is 3. The molecule has 11 aromatic rings. The van der Waals surface area contributed by atoms with E-state index in [9.17, 15) is 0 Å². The van der Waals surface area contributed by atoms with Gasteiger partial charge in [0.25, 0.3) is 0 Å². The number of pyridine rings is 1. The second-order valence-corrected chi connectivity index (χ2v) is 23.9. The quantitative estimate of drug-likeness (QED) is 0.0905. The molecule has 0 N–H and O–H groups in total. The van der Waals surface area contributed by atoms with Crippen LogP contribution in [0.1, 0.15) is 50.7 Å². The molecule has 5 heteroatoms. The van der Waals surface area contributed by atoms with Crippen molar-refractivity contribution in [3.8, 4) is 39.5 Å². The largest absolute Gasteiger partial charge is 0.332 e. The fourth-order valence-electron chi connectivity index (χ4n) is 9.37. The van der Waals surface area contributed by atoms with E-state index in [0.717, 1.165) is 33.7 Å². The first kappa shape index (κ1) is 44.7. The molecule has 0 saturated heterocycles. The average molecular weight is 1050 g/mol. The standard InChI is InChI=1S/C47H37N2.C14H16NSi.Ir/c1-29(2)41-27-34(31-14-6-5-7-15-31)28-42(30(3)4)45(41)49-46-35-17-9-8-16-32(35)23-25-44(46)48-47(49)33-22-24-40-38-20-11-10-18-36(38)37-19-12-13-21-39(37)43(40)26-33;1-16(2,3)13-9-10-14(15-11-13)12-7-5-4-6-8-12;/h5-21,23-30H,1-4H3;4-7,9-11H,1-3H3;/q2*-1;. The number of fused-ring (bicyclic) bond motifs is 9. The van der Waals surface area contributed by atoms with Gasteiger partial charge in [-0.1, -0.05) is 185 Å². The van der Waals surface area contributed by atoms with E-state index in [1.165, 1.54) is 76.2 Å². The van der Waals surface area contributed by atoms with E-state index in [1.807, 2.05) is 30.5 Å². The van der Waals surface area contributed by atoms with Crippen LogP contribution in [0.4, 0.5) is 0 Å². The fraction of sp³-hybridized carbons (Fsp3) is 0.148. The zero-order valence-electron chi connectivity index (χ0n) is 38.7. The molecule has 11 rings (SSSR count). The van der Waals surface area contributed by atoms with Gasteiger partial charge in [-0.3, -0.25) is 4.98 Å². The smallest absolute Gasteiger partial charge is 0.0795 e. The summed E-state index contributed by atoms with van der Waals surface area (Å²) in [6.45, 7) is 16.2. The van der Waals surface area contributed by atoms with E-state index in [0.29, 0.717) is 0 Å². The fourth-order valence-corrected chi connectivity index (χ4v) is 10.4. The molecule has 1 radical (unpaired) electrons. The Kier molecular flexibility index (Phi) is 12.5. The van der Waals surface area contributed by atoms with Crippen LogP contribution in [0, 0.1) is 12.1 Å². The minimum absolute atomic E-state index is 0. The van der Waals surface area contributed by atoms with Gasteiger partial charge in [0.1, 0.15) is 0 Å². The van der Waals surface area contributed by atoms with Crippen LogP contribution in [0.25, 0.3) is 93.6 Å².